The van der Waals surface area contributed by atoms with Gasteiger partial charge in [-0.3, -0.25) is 4.99 Å². The largest absolute Gasteiger partial charge is 0.493 e. The molecule has 0 aliphatic heterocycles. The van der Waals surface area contributed by atoms with Crippen LogP contribution in [0, 0.1) is 5.92 Å². The van der Waals surface area contributed by atoms with Crippen molar-refractivity contribution in [2.24, 2.45) is 10.9 Å². The Labute approximate surface area is 247 Å². The van der Waals surface area contributed by atoms with Crippen LogP contribution in [-0.2, 0) is 9.53 Å². The van der Waals surface area contributed by atoms with E-state index in [2.05, 4.69) is 57.2 Å². The zero-order valence-electron chi connectivity index (χ0n) is 25.2. The molecule has 0 aliphatic carbocycles. The molecule has 0 saturated heterocycles. The number of unbranched alkanes of at least 4 members (excludes halogenated alkanes) is 7. The average Bonchev–Trinajstić information content (AvgIpc) is 3.01. The molecule has 0 amide bonds. The molecule has 0 N–H and O–H groups in total. The molecule has 218 valence electrons. The van der Waals surface area contributed by atoms with Gasteiger partial charge in [0.05, 0.1) is 18.9 Å². The van der Waals surface area contributed by atoms with Gasteiger partial charge >= 0.3 is 5.97 Å². The number of hydrogen-bond acceptors (Lipinski definition) is 4. The second-order valence-corrected chi connectivity index (χ2v) is 10.7. The molecule has 0 aromatic heterocycles. The summed E-state index contributed by atoms with van der Waals surface area (Å²) >= 11 is 0. The molecule has 0 saturated carbocycles. The fourth-order valence-corrected chi connectivity index (χ4v) is 4.46. The first-order valence-electron chi connectivity index (χ1n) is 15.4. The van der Waals surface area contributed by atoms with Gasteiger partial charge in [0, 0.05) is 23.4 Å². The Morgan fingerprint density at radius 1 is 0.805 bits per heavy atom. The van der Waals surface area contributed by atoms with Gasteiger partial charge in [-0.25, -0.2) is 4.79 Å². The van der Waals surface area contributed by atoms with E-state index in [4.69, 9.17) is 14.5 Å². The number of ether oxygens (including phenoxy) is 2. The summed E-state index contributed by atoms with van der Waals surface area (Å²) < 4.78 is 11.5. The molecule has 1 atom stereocenters. The number of aliphatic imine (C=N–C) groups is 1. The summed E-state index contributed by atoms with van der Waals surface area (Å²) in [5.41, 5.74) is 4.97. The molecule has 0 fully saturated rings. The topological polar surface area (TPSA) is 47.9 Å². The number of carbonyl (C=O) groups is 1. The van der Waals surface area contributed by atoms with E-state index in [1.165, 1.54) is 51.0 Å². The first-order chi connectivity index (χ1) is 20.1. The van der Waals surface area contributed by atoms with Crippen molar-refractivity contribution in [3.05, 3.63) is 90.0 Å². The van der Waals surface area contributed by atoms with Gasteiger partial charge in [-0.05, 0) is 47.7 Å². The van der Waals surface area contributed by atoms with Gasteiger partial charge in [-0.2, -0.15) is 0 Å². The molecule has 0 bridgehead atoms. The molecule has 3 rings (SSSR count). The summed E-state index contributed by atoms with van der Waals surface area (Å²) in [6, 6.07) is 24.3. The Morgan fingerprint density at radius 3 is 2.20 bits per heavy atom. The van der Waals surface area contributed by atoms with Crippen molar-refractivity contribution in [3.8, 4) is 16.9 Å². The lowest BCUT2D eigenvalue weighted by Gasteiger charge is -2.13. The molecule has 0 aliphatic rings. The predicted octanol–water partition coefficient (Wildman–Crippen LogP) is 10.2. The van der Waals surface area contributed by atoms with Crippen LogP contribution in [-0.4, -0.2) is 25.4 Å². The number of carbonyl (C=O) groups excluding carboxylic acids is 1. The number of benzene rings is 3. The minimum Gasteiger partial charge on any atom is -0.493 e. The molecule has 0 unspecified atom stereocenters. The van der Waals surface area contributed by atoms with Gasteiger partial charge in [0.25, 0.3) is 0 Å². The number of nitrogens with zero attached hydrogens (tertiary/aromatic N) is 1. The lowest BCUT2D eigenvalue weighted by molar-refractivity contribution is -0.138. The molecule has 0 radical (unpaired) electrons. The van der Waals surface area contributed by atoms with E-state index in [0.717, 1.165) is 53.1 Å². The third kappa shape index (κ3) is 11.8. The van der Waals surface area contributed by atoms with Gasteiger partial charge < -0.3 is 9.47 Å². The Kier molecular flexibility index (Phi) is 14.5. The number of hydrogen-bond donors (Lipinski definition) is 0. The van der Waals surface area contributed by atoms with Crippen LogP contribution in [0.4, 0.5) is 5.69 Å². The Bertz CT molecular complexity index is 1230. The summed E-state index contributed by atoms with van der Waals surface area (Å²) in [5, 5.41) is 0. The van der Waals surface area contributed by atoms with E-state index in [0.29, 0.717) is 12.5 Å². The smallest absolute Gasteiger partial charge is 0.330 e. The van der Waals surface area contributed by atoms with Crippen LogP contribution in [0.15, 0.2) is 83.9 Å². The maximum atomic E-state index is 11.9. The van der Waals surface area contributed by atoms with Crippen LogP contribution in [0.3, 0.4) is 0 Å². The maximum Gasteiger partial charge on any atom is 0.330 e. The third-order valence-corrected chi connectivity index (χ3v) is 7.26. The number of esters is 1. The molecule has 4 heteroatoms. The van der Waals surface area contributed by atoms with Gasteiger partial charge in [-0.15, -0.1) is 0 Å². The van der Waals surface area contributed by atoms with Crippen molar-refractivity contribution in [1.29, 1.82) is 0 Å². The highest BCUT2D eigenvalue weighted by Gasteiger charge is 2.09. The van der Waals surface area contributed by atoms with E-state index in [1.807, 2.05) is 42.6 Å². The summed E-state index contributed by atoms with van der Waals surface area (Å²) in [4.78, 5) is 16.7. The lowest BCUT2D eigenvalue weighted by Crippen LogP contribution is -2.08. The highest BCUT2D eigenvalue weighted by Crippen LogP contribution is 2.32. The van der Waals surface area contributed by atoms with E-state index in [1.54, 1.807) is 6.08 Å². The van der Waals surface area contributed by atoms with Crippen molar-refractivity contribution in [2.75, 3.05) is 13.2 Å². The fraction of sp³-hybridized carbons (Fsp3) is 0.405. The zero-order valence-corrected chi connectivity index (χ0v) is 25.2. The molecular formula is C37H47NO3. The standard InChI is InChI=1S/C37H47NO3/c1-4-6-7-8-9-10-11-16-27-40-36-20-15-14-19-35(36)34-18-13-12-17-32(34)28-38-33-24-21-31(22-25-33)23-26-37(39)41-29-30(3)5-2/h12-15,17-26,28,30H,4-11,16,27,29H2,1-3H3/b26-23+,38-28+/t30-/m0/s1. The molecule has 3 aromatic carbocycles. The molecule has 0 spiro atoms. The highest BCUT2D eigenvalue weighted by atomic mass is 16.5. The zero-order chi connectivity index (χ0) is 29.1. The van der Waals surface area contributed by atoms with Gasteiger partial charge in [-0.1, -0.05) is 127 Å². The third-order valence-electron chi connectivity index (χ3n) is 7.26. The summed E-state index contributed by atoms with van der Waals surface area (Å²) in [6.07, 6.45) is 16.4. The second kappa shape index (κ2) is 18.6. The van der Waals surface area contributed by atoms with Crippen LogP contribution in [0.2, 0.25) is 0 Å². The highest BCUT2D eigenvalue weighted by molar-refractivity contribution is 5.93. The van der Waals surface area contributed by atoms with Crippen molar-refractivity contribution < 1.29 is 14.3 Å². The van der Waals surface area contributed by atoms with Crippen molar-refractivity contribution in [3.63, 3.8) is 0 Å². The molecule has 3 aromatic rings. The molecule has 0 heterocycles. The monoisotopic (exact) mass is 553 g/mol. The lowest BCUT2D eigenvalue weighted by atomic mass is 9.99. The van der Waals surface area contributed by atoms with Gasteiger partial charge in [0.2, 0.25) is 0 Å². The predicted molar refractivity (Wildman–Crippen MR) is 173 cm³/mol. The Morgan fingerprint density at radius 2 is 1.46 bits per heavy atom. The SMILES string of the molecule is CCCCCCCCCCOc1ccccc1-c1ccccc1/C=N/c1ccc(/C=C/C(=O)OC[C@@H](C)CC)cc1. The number of rotatable bonds is 18. The van der Waals surface area contributed by atoms with Crippen LogP contribution in [0.1, 0.15) is 89.7 Å². The van der Waals surface area contributed by atoms with E-state index >= 15 is 0 Å². The second-order valence-electron chi connectivity index (χ2n) is 10.7. The normalized spacial score (nSPS) is 12.2. The maximum absolute atomic E-state index is 11.9. The van der Waals surface area contributed by atoms with Crippen LogP contribution in [0.25, 0.3) is 17.2 Å². The van der Waals surface area contributed by atoms with E-state index in [9.17, 15) is 4.79 Å². The minimum atomic E-state index is -0.314. The molecule has 41 heavy (non-hydrogen) atoms. The summed E-state index contributed by atoms with van der Waals surface area (Å²) in [7, 11) is 0. The van der Waals surface area contributed by atoms with E-state index in [-0.39, 0.29) is 5.97 Å². The van der Waals surface area contributed by atoms with Crippen molar-refractivity contribution in [2.45, 2.75) is 78.6 Å². The molecular weight excluding hydrogens is 506 g/mol. The number of para-hydroxylation sites is 1. The quantitative estimate of drug-likeness (QED) is 0.0681. The van der Waals surface area contributed by atoms with E-state index < -0.39 is 0 Å². The minimum absolute atomic E-state index is 0.314. The average molecular weight is 554 g/mol. The Balaban J connectivity index is 1.58. The Hall–Kier alpha value is -3.66. The first kappa shape index (κ1) is 31.9. The van der Waals surface area contributed by atoms with Crippen LogP contribution < -0.4 is 4.74 Å². The van der Waals surface area contributed by atoms with Gasteiger partial charge in [0.15, 0.2) is 0 Å². The first-order valence-corrected chi connectivity index (χ1v) is 15.4. The van der Waals surface area contributed by atoms with Gasteiger partial charge in [0.1, 0.15) is 5.75 Å². The summed E-state index contributed by atoms with van der Waals surface area (Å²) in [5.74, 6) is 0.969. The summed E-state index contributed by atoms with van der Waals surface area (Å²) in [6.45, 7) is 7.60. The van der Waals surface area contributed by atoms with Crippen molar-refractivity contribution >= 4 is 23.9 Å². The fourth-order valence-electron chi connectivity index (χ4n) is 4.46. The van der Waals surface area contributed by atoms with Crippen LogP contribution >= 0.6 is 0 Å². The van der Waals surface area contributed by atoms with Crippen molar-refractivity contribution in [1.82, 2.24) is 0 Å². The molecule has 4 nitrogen and oxygen atoms in total. The van der Waals surface area contributed by atoms with Crippen LogP contribution in [0.5, 0.6) is 5.75 Å².